The number of nitrogens with one attached hydrogen (secondary N) is 1. The molecule has 30 heavy (non-hydrogen) atoms. The number of hydrogen-bond acceptors (Lipinski definition) is 3. The Hall–Kier alpha value is -2.49. The SMILES string of the molecule is C[C@@H](Oc1cccc2c1CCCC2)C(=O)N[C@H](C)c1ccc(N2CCCCC2)cc1. The van der Waals surface area contributed by atoms with Crippen molar-refractivity contribution >= 4 is 11.6 Å². The van der Waals surface area contributed by atoms with Crippen LogP contribution in [0.4, 0.5) is 5.69 Å². The standard InChI is InChI=1S/C26H34N2O2/c1-19(21-13-15-23(16-14-21)28-17-6-3-7-18-28)27-26(29)20(2)30-25-12-8-10-22-9-4-5-11-24(22)25/h8,10,12-16,19-20H,3-7,9,11,17-18H2,1-2H3,(H,27,29)/t19-,20-/m1/s1. The second-order valence-electron chi connectivity index (χ2n) is 8.73. The molecule has 1 amide bonds. The van der Waals surface area contributed by atoms with E-state index >= 15 is 0 Å². The first-order valence-electron chi connectivity index (χ1n) is 11.5. The van der Waals surface area contributed by atoms with E-state index in [1.807, 2.05) is 26.0 Å². The van der Waals surface area contributed by atoms with Crippen LogP contribution in [0.5, 0.6) is 5.75 Å². The van der Waals surface area contributed by atoms with Crippen LogP contribution in [-0.4, -0.2) is 25.1 Å². The van der Waals surface area contributed by atoms with E-state index in [0.29, 0.717) is 0 Å². The van der Waals surface area contributed by atoms with E-state index in [1.165, 1.54) is 48.9 Å². The van der Waals surface area contributed by atoms with Gasteiger partial charge in [-0.3, -0.25) is 4.79 Å². The highest BCUT2D eigenvalue weighted by atomic mass is 16.5. The van der Waals surface area contributed by atoms with E-state index < -0.39 is 6.10 Å². The van der Waals surface area contributed by atoms with E-state index in [-0.39, 0.29) is 11.9 Å². The Morgan fingerprint density at radius 3 is 2.43 bits per heavy atom. The molecule has 4 rings (SSSR count). The number of anilines is 1. The molecule has 0 bridgehead atoms. The summed E-state index contributed by atoms with van der Waals surface area (Å²) < 4.78 is 6.09. The van der Waals surface area contributed by atoms with Gasteiger partial charge in [-0.2, -0.15) is 0 Å². The lowest BCUT2D eigenvalue weighted by Crippen LogP contribution is -2.38. The maximum absolute atomic E-state index is 12.8. The summed E-state index contributed by atoms with van der Waals surface area (Å²) in [5, 5.41) is 3.12. The van der Waals surface area contributed by atoms with Gasteiger partial charge in [0.1, 0.15) is 5.75 Å². The van der Waals surface area contributed by atoms with Crippen molar-refractivity contribution in [2.45, 2.75) is 70.9 Å². The van der Waals surface area contributed by atoms with Gasteiger partial charge in [0.25, 0.3) is 5.91 Å². The van der Waals surface area contributed by atoms with Crippen molar-refractivity contribution in [1.29, 1.82) is 0 Å². The molecule has 0 spiro atoms. The number of carbonyl (C=O) groups is 1. The molecule has 4 heteroatoms. The van der Waals surface area contributed by atoms with Gasteiger partial charge in [0.05, 0.1) is 6.04 Å². The topological polar surface area (TPSA) is 41.6 Å². The molecule has 1 aliphatic carbocycles. The third-order valence-electron chi connectivity index (χ3n) is 6.50. The van der Waals surface area contributed by atoms with Crippen LogP contribution < -0.4 is 15.0 Å². The molecule has 0 saturated carbocycles. The first-order valence-corrected chi connectivity index (χ1v) is 11.5. The van der Waals surface area contributed by atoms with Gasteiger partial charge in [0.15, 0.2) is 6.10 Å². The van der Waals surface area contributed by atoms with Crippen LogP contribution in [-0.2, 0) is 17.6 Å². The monoisotopic (exact) mass is 406 g/mol. The molecule has 160 valence electrons. The van der Waals surface area contributed by atoms with Crippen molar-refractivity contribution in [3.8, 4) is 5.75 Å². The molecule has 2 atom stereocenters. The lowest BCUT2D eigenvalue weighted by Gasteiger charge is -2.29. The summed E-state index contributed by atoms with van der Waals surface area (Å²) in [5.41, 5.74) is 5.05. The number of nitrogens with zero attached hydrogens (tertiary/aromatic N) is 1. The molecule has 2 aromatic rings. The number of carbonyl (C=O) groups excluding carboxylic acids is 1. The minimum absolute atomic E-state index is 0.0522. The van der Waals surface area contributed by atoms with Crippen LogP contribution in [0, 0.1) is 0 Å². The zero-order valence-electron chi connectivity index (χ0n) is 18.3. The molecule has 0 aromatic heterocycles. The smallest absolute Gasteiger partial charge is 0.261 e. The quantitative estimate of drug-likeness (QED) is 0.717. The number of ether oxygens (including phenoxy) is 1. The zero-order chi connectivity index (χ0) is 20.9. The van der Waals surface area contributed by atoms with Crippen molar-refractivity contribution in [2.24, 2.45) is 0 Å². The fourth-order valence-electron chi connectivity index (χ4n) is 4.64. The van der Waals surface area contributed by atoms with Crippen LogP contribution >= 0.6 is 0 Å². The van der Waals surface area contributed by atoms with E-state index in [2.05, 4.69) is 40.5 Å². The highest BCUT2D eigenvalue weighted by Crippen LogP contribution is 2.30. The Labute approximate surface area is 180 Å². The molecule has 1 fully saturated rings. The molecule has 2 aromatic carbocycles. The third kappa shape index (κ3) is 4.80. The van der Waals surface area contributed by atoms with E-state index in [9.17, 15) is 4.79 Å². The Morgan fingerprint density at radius 1 is 0.933 bits per heavy atom. The van der Waals surface area contributed by atoms with Crippen LogP contribution in [0.1, 0.15) is 68.7 Å². The minimum atomic E-state index is -0.520. The van der Waals surface area contributed by atoms with Gasteiger partial charge in [-0.05, 0) is 93.7 Å². The van der Waals surface area contributed by atoms with Crippen molar-refractivity contribution in [2.75, 3.05) is 18.0 Å². The van der Waals surface area contributed by atoms with Gasteiger partial charge < -0.3 is 15.0 Å². The summed E-state index contributed by atoms with van der Waals surface area (Å²) >= 11 is 0. The van der Waals surface area contributed by atoms with Gasteiger partial charge in [-0.1, -0.05) is 24.3 Å². The summed E-state index contributed by atoms with van der Waals surface area (Å²) in [4.78, 5) is 15.2. The first kappa shape index (κ1) is 20.8. The minimum Gasteiger partial charge on any atom is -0.481 e. The Balaban J connectivity index is 1.35. The second kappa shape index (κ2) is 9.55. The Bertz CT molecular complexity index is 856. The van der Waals surface area contributed by atoms with Crippen LogP contribution in [0.15, 0.2) is 42.5 Å². The number of aryl methyl sites for hydroxylation is 1. The van der Waals surface area contributed by atoms with E-state index in [4.69, 9.17) is 4.74 Å². The number of fused-ring (bicyclic) bond motifs is 1. The maximum atomic E-state index is 12.8. The number of amides is 1. The lowest BCUT2D eigenvalue weighted by atomic mass is 9.91. The molecule has 1 N–H and O–H groups in total. The largest absolute Gasteiger partial charge is 0.481 e. The first-order chi connectivity index (χ1) is 14.6. The van der Waals surface area contributed by atoms with Gasteiger partial charge in [0, 0.05) is 18.8 Å². The number of benzene rings is 2. The van der Waals surface area contributed by atoms with Crippen molar-refractivity contribution in [3.63, 3.8) is 0 Å². The fraction of sp³-hybridized carbons (Fsp3) is 0.500. The highest BCUT2D eigenvalue weighted by molar-refractivity contribution is 5.81. The molecule has 0 unspecified atom stereocenters. The summed E-state index contributed by atoms with van der Waals surface area (Å²) in [6.45, 7) is 6.15. The Morgan fingerprint density at radius 2 is 1.67 bits per heavy atom. The predicted molar refractivity (Wildman–Crippen MR) is 122 cm³/mol. The molecular weight excluding hydrogens is 372 g/mol. The van der Waals surface area contributed by atoms with E-state index in [0.717, 1.165) is 37.2 Å². The number of hydrogen-bond donors (Lipinski definition) is 1. The Kier molecular flexibility index (Phi) is 6.61. The molecule has 4 nitrogen and oxygen atoms in total. The van der Waals surface area contributed by atoms with Crippen molar-refractivity contribution < 1.29 is 9.53 Å². The van der Waals surface area contributed by atoms with Gasteiger partial charge in [-0.15, -0.1) is 0 Å². The highest BCUT2D eigenvalue weighted by Gasteiger charge is 2.21. The predicted octanol–water partition coefficient (Wildman–Crippen LogP) is 5.20. The molecular formula is C26H34N2O2. The molecule has 0 radical (unpaired) electrons. The van der Waals surface area contributed by atoms with Crippen LogP contribution in [0.3, 0.4) is 0 Å². The summed E-state index contributed by atoms with van der Waals surface area (Å²) in [5.74, 6) is 0.796. The van der Waals surface area contributed by atoms with Crippen LogP contribution in [0.2, 0.25) is 0 Å². The molecule has 1 aliphatic heterocycles. The van der Waals surface area contributed by atoms with Gasteiger partial charge >= 0.3 is 0 Å². The maximum Gasteiger partial charge on any atom is 0.261 e. The summed E-state index contributed by atoms with van der Waals surface area (Å²) in [6.07, 6.45) is 7.95. The second-order valence-corrected chi connectivity index (χ2v) is 8.73. The third-order valence-corrected chi connectivity index (χ3v) is 6.50. The summed E-state index contributed by atoms with van der Waals surface area (Å²) in [7, 11) is 0. The summed E-state index contributed by atoms with van der Waals surface area (Å²) in [6, 6.07) is 14.8. The fourth-order valence-corrected chi connectivity index (χ4v) is 4.64. The van der Waals surface area contributed by atoms with Gasteiger partial charge in [0.2, 0.25) is 0 Å². The molecule has 1 heterocycles. The zero-order valence-corrected chi connectivity index (χ0v) is 18.3. The normalized spacial score (nSPS) is 18.3. The van der Waals surface area contributed by atoms with Crippen molar-refractivity contribution in [1.82, 2.24) is 5.32 Å². The van der Waals surface area contributed by atoms with Gasteiger partial charge in [-0.25, -0.2) is 0 Å². The van der Waals surface area contributed by atoms with Crippen molar-refractivity contribution in [3.05, 3.63) is 59.2 Å². The number of piperidine rings is 1. The van der Waals surface area contributed by atoms with Crippen LogP contribution in [0.25, 0.3) is 0 Å². The molecule has 1 saturated heterocycles. The molecule has 2 aliphatic rings. The van der Waals surface area contributed by atoms with E-state index in [1.54, 1.807) is 0 Å². The lowest BCUT2D eigenvalue weighted by molar-refractivity contribution is -0.127. The average Bonchev–Trinajstić information content (AvgIpc) is 2.80. The average molecular weight is 407 g/mol. The number of rotatable bonds is 6.